The third-order valence-electron chi connectivity index (χ3n) is 3.67. The zero-order chi connectivity index (χ0) is 16.5. The molecule has 24 heavy (non-hydrogen) atoms. The van der Waals surface area contributed by atoms with Crippen molar-refractivity contribution in [3.05, 3.63) is 54.9 Å². The number of fused-ring (bicyclic) bond motifs is 1. The van der Waals surface area contributed by atoms with Gasteiger partial charge < -0.3 is 16.2 Å². The summed E-state index contributed by atoms with van der Waals surface area (Å²) in [6.45, 7) is 0. The SMILES string of the molecule is Nc1ccccc1Oc1ccc(-c2[nH]nc3ncnc(N)c23)cc1. The van der Waals surface area contributed by atoms with Crippen LogP contribution in [0.4, 0.5) is 11.5 Å². The number of hydrogen-bond donors (Lipinski definition) is 3. The summed E-state index contributed by atoms with van der Waals surface area (Å²) >= 11 is 0. The van der Waals surface area contributed by atoms with Gasteiger partial charge in [-0.05, 0) is 36.4 Å². The van der Waals surface area contributed by atoms with Gasteiger partial charge in [-0.2, -0.15) is 5.10 Å². The van der Waals surface area contributed by atoms with Gasteiger partial charge in [0.25, 0.3) is 0 Å². The summed E-state index contributed by atoms with van der Waals surface area (Å²) in [5, 5.41) is 7.82. The Morgan fingerprint density at radius 2 is 1.71 bits per heavy atom. The molecule has 0 amide bonds. The highest BCUT2D eigenvalue weighted by atomic mass is 16.5. The molecule has 2 aromatic carbocycles. The summed E-state index contributed by atoms with van der Waals surface area (Å²) < 4.78 is 5.79. The molecule has 0 aliphatic carbocycles. The van der Waals surface area contributed by atoms with Gasteiger partial charge in [-0.1, -0.05) is 12.1 Å². The summed E-state index contributed by atoms with van der Waals surface area (Å²) in [6, 6.07) is 14.9. The van der Waals surface area contributed by atoms with Crippen LogP contribution < -0.4 is 16.2 Å². The highest BCUT2D eigenvalue weighted by Gasteiger charge is 2.12. The molecule has 0 radical (unpaired) electrons. The van der Waals surface area contributed by atoms with Crippen molar-refractivity contribution in [1.82, 2.24) is 20.2 Å². The molecule has 4 aromatic rings. The molecule has 0 unspecified atom stereocenters. The van der Waals surface area contributed by atoms with Crippen LogP contribution in [0.3, 0.4) is 0 Å². The highest BCUT2D eigenvalue weighted by molar-refractivity contribution is 5.97. The third-order valence-corrected chi connectivity index (χ3v) is 3.67. The summed E-state index contributed by atoms with van der Waals surface area (Å²) in [4.78, 5) is 8.12. The number of hydrogen-bond acceptors (Lipinski definition) is 6. The van der Waals surface area contributed by atoms with Gasteiger partial charge in [-0.3, -0.25) is 5.10 Å². The molecule has 0 aliphatic rings. The number of nitrogens with two attached hydrogens (primary N) is 2. The number of rotatable bonds is 3. The smallest absolute Gasteiger partial charge is 0.186 e. The van der Waals surface area contributed by atoms with Crippen molar-refractivity contribution in [3.63, 3.8) is 0 Å². The van der Waals surface area contributed by atoms with Gasteiger partial charge in [0.1, 0.15) is 23.6 Å². The molecule has 5 N–H and O–H groups in total. The van der Waals surface area contributed by atoms with E-state index in [0.717, 1.165) is 11.3 Å². The van der Waals surface area contributed by atoms with Crippen molar-refractivity contribution in [3.8, 4) is 22.8 Å². The molecular weight excluding hydrogens is 304 g/mol. The Labute approximate surface area is 137 Å². The standard InChI is InChI=1S/C17H14N6O/c18-12-3-1-2-4-13(12)24-11-7-5-10(6-8-11)15-14-16(19)20-9-21-17(14)23-22-15/h1-9H,18H2,(H3,19,20,21,22,23). The Bertz CT molecular complexity index is 1010. The molecule has 4 rings (SSSR count). The average Bonchev–Trinajstić information content (AvgIpc) is 3.03. The highest BCUT2D eigenvalue weighted by Crippen LogP contribution is 2.31. The second kappa shape index (κ2) is 5.54. The number of H-pyrrole nitrogens is 1. The maximum Gasteiger partial charge on any atom is 0.186 e. The first-order valence-corrected chi connectivity index (χ1v) is 7.30. The van der Waals surface area contributed by atoms with Crippen LogP contribution in [-0.4, -0.2) is 20.2 Å². The van der Waals surface area contributed by atoms with Crippen LogP contribution in [0.2, 0.25) is 0 Å². The van der Waals surface area contributed by atoms with Crippen molar-refractivity contribution in [2.45, 2.75) is 0 Å². The summed E-state index contributed by atoms with van der Waals surface area (Å²) in [5.41, 5.74) is 14.6. The van der Waals surface area contributed by atoms with Gasteiger partial charge in [-0.25, -0.2) is 9.97 Å². The monoisotopic (exact) mass is 318 g/mol. The minimum Gasteiger partial charge on any atom is -0.455 e. The topological polar surface area (TPSA) is 116 Å². The maximum atomic E-state index is 5.94. The fourth-order valence-corrected chi connectivity index (χ4v) is 2.48. The number of nitrogen functional groups attached to an aromatic ring is 2. The number of benzene rings is 2. The number of nitrogens with one attached hydrogen (secondary N) is 1. The molecule has 2 aromatic heterocycles. The number of anilines is 2. The number of nitrogens with zero attached hydrogens (tertiary/aromatic N) is 3. The van der Waals surface area contributed by atoms with Crippen LogP contribution >= 0.6 is 0 Å². The average molecular weight is 318 g/mol. The van der Waals surface area contributed by atoms with Gasteiger partial charge in [0.05, 0.1) is 16.8 Å². The lowest BCUT2D eigenvalue weighted by Gasteiger charge is -2.08. The first kappa shape index (κ1) is 14.0. The number of aromatic amines is 1. The van der Waals surface area contributed by atoms with Crippen LogP contribution in [0, 0.1) is 0 Å². The van der Waals surface area contributed by atoms with Gasteiger partial charge >= 0.3 is 0 Å². The van der Waals surface area contributed by atoms with E-state index in [9.17, 15) is 0 Å². The molecule has 0 bridgehead atoms. The predicted octanol–water partition coefficient (Wildman–Crippen LogP) is 2.98. The molecule has 118 valence electrons. The van der Waals surface area contributed by atoms with Crippen LogP contribution in [0.5, 0.6) is 11.5 Å². The van der Waals surface area contributed by atoms with E-state index in [0.29, 0.717) is 34.0 Å². The van der Waals surface area contributed by atoms with Gasteiger partial charge in [-0.15, -0.1) is 0 Å². The lowest BCUT2D eigenvalue weighted by atomic mass is 10.1. The first-order valence-electron chi connectivity index (χ1n) is 7.30. The number of aromatic nitrogens is 4. The molecular formula is C17H14N6O. The Balaban J connectivity index is 1.67. The van der Waals surface area contributed by atoms with Crippen molar-refractivity contribution in [2.24, 2.45) is 0 Å². The number of ether oxygens (including phenoxy) is 1. The van der Waals surface area contributed by atoms with Crippen LogP contribution in [0.25, 0.3) is 22.3 Å². The predicted molar refractivity (Wildman–Crippen MR) is 92.5 cm³/mol. The van der Waals surface area contributed by atoms with E-state index in [1.807, 2.05) is 42.5 Å². The summed E-state index contributed by atoms with van der Waals surface area (Å²) in [6.07, 6.45) is 1.39. The fourth-order valence-electron chi connectivity index (χ4n) is 2.48. The Morgan fingerprint density at radius 3 is 2.50 bits per heavy atom. The quantitative estimate of drug-likeness (QED) is 0.500. The van der Waals surface area contributed by atoms with Gasteiger partial charge in [0.2, 0.25) is 0 Å². The largest absolute Gasteiger partial charge is 0.455 e. The lowest BCUT2D eigenvalue weighted by Crippen LogP contribution is -1.93. The lowest BCUT2D eigenvalue weighted by molar-refractivity contribution is 0.485. The molecule has 0 spiro atoms. The molecule has 2 heterocycles. The molecule has 0 saturated carbocycles. The molecule has 0 atom stereocenters. The molecule has 0 saturated heterocycles. The zero-order valence-corrected chi connectivity index (χ0v) is 12.6. The Morgan fingerprint density at radius 1 is 0.917 bits per heavy atom. The van der Waals surface area contributed by atoms with Crippen LogP contribution in [-0.2, 0) is 0 Å². The van der Waals surface area contributed by atoms with Crippen molar-refractivity contribution >= 4 is 22.5 Å². The van der Waals surface area contributed by atoms with E-state index in [-0.39, 0.29) is 0 Å². The molecule has 0 aliphatic heterocycles. The molecule has 7 nitrogen and oxygen atoms in total. The van der Waals surface area contributed by atoms with E-state index in [1.165, 1.54) is 6.33 Å². The second-order valence-electron chi connectivity index (χ2n) is 5.22. The van der Waals surface area contributed by atoms with Crippen molar-refractivity contribution < 1.29 is 4.74 Å². The Kier molecular flexibility index (Phi) is 3.24. The van der Waals surface area contributed by atoms with Crippen LogP contribution in [0.15, 0.2) is 54.9 Å². The first-order chi connectivity index (χ1) is 11.7. The van der Waals surface area contributed by atoms with Gasteiger partial charge in [0.15, 0.2) is 5.65 Å². The van der Waals surface area contributed by atoms with E-state index in [2.05, 4.69) is 20.2 Å². The Hall–Kier alpha value is -3.61. The van der Waals surface area contributed by atoms with Crippen molar-refractivity contribution in [2.75, 3.05) is 11.5 Å². The molecule has 7 heteroatoms. The minimum atomic E-state index is 0.390. The zero-order valence-electron chi connectivity index (χ0n) is 12.6. The van der Waals surface area contributed by atoms with Crippen LogP contribution in [0.1, 0.15) is 0 Å². The van der Waals surface area contributed by atoms with E-state index in [1.54, 1.807) is 6.07 Å². The number of para-hydroxylation sites is 2. The summed E-state index contributed by atoms with van der Waals surface area (Å²) in [5.74, 6) is 1.70. The van der Waals surface area contributed by atoms with E-state index >= 15 is 0 Å². The fraction of sp³-hybridized carbons (Fsp3) is 0. The van der Waals surface area contributed by atoms with Crippen molar-refractivity contribution in [1.29, 1.82) is 0 Å². The summed E-state index contributed by atoms with van der Waals surface area (Å²) in [7, 11) is 0. The van der Waals surface area contributed by atoms with Gasteiger partial charge in [0, 0.05) is 5.56 Å². The normalized spacial score (nSPS) is 10.8. The maximum absolute atomic E-state index is 5.94. The second-order valence-corrected chi connectivity index (χ2v) is 5.22. The molecule has 0 fully saturated rings. The van der Waals surface area contributed by atoms with E-state index < -0.39 is 0 Å². The third kappa shape index (κ3) is 2.38. The minimum absolute atomic E-state index is 0.390. The van der Waals surface area contributed by atoms with E-state index in [4.69, 9.17) is 16.2 Å².